The fourth-order valence-electron chi connectivity index (χ4n) is 2.94. The van der Waals surface area contributed by atoms with Gasteiger partial charge in [-0.25, -0.2) is 0 Å². The van der Waals surface area contributed by atoms with Gasteiger partial charge in [-0.1, -0.05) is 18.2 Å². The van der Waals surface area contributed by atoms with Gasteiger partial charge in [-0.05, 0) is 55.6 Å². The molecule has 0 N–H and O–H groups in total. The summed E-state index contributed by atoms with van der Waals surface area (Å²) in [7, 11) is 3.74. The number of carbonyl (C=O) groups is 1. The molecule has 2 aromatic rings. The fourth-order valence-corrected chi connectivity index (χ4v) is 2.94. The van der Waals surface area contributed by atoms with Crippen LogP contribution in [0.15, 0.2) is 48.5 Å². The number of amides is 1. The van der Waals surface area contributed by atoms with Crippen LogP contribution in [0.4, 0.5) is 13.2 Å². The molecule has 5 nitrogen and oxygen atoms in total. The third kappa shape index (κ3) is 5.76. The van der Waals surface area contributed by atoms with Crippen molar-refractivity contribution in [3.63, 3.8) is 0 Å². The molecule has 0 radical (unpaired) electrons. The van der Waals surface area contributed by atoms with Gasteiger partial charge in [0.05, 0.1) is 5.56 Å². The van der Waals surface area contributed by atoms with E-state index in [4.69, 9.17) is 9.47 Å². The maximum absolute atomic E-state index is 13.0. The van der Waals surface area contributed by atoms with Gasteiger partial charge in [0.1, 0.15) is 0 Å². The summed E-state index contributed by atoms with van der Waals surface area (Å²) in [6.45, 7) is 1.22. The molecule has 1 aliphatic rings. The highest BCUT2D eigenvalue weighted by atomic mass is 19.4. The van der Waals surface area contributed by atoms with E-state index in [1.165, 1.54) is 17.0 Å². The highest BCUT2D eigenvalue weighted by molar-refractivity contribution is 5.91. The van der Waals surface area contributed by atoms with Crippen LogP contribution in [0.5, 0.6) is 11.5 Å². The van der Waals surface area contributed by atoms with Crippen molar-refractivity contribution in [1.29, 1.82) is 0 Å². The van der Waals surface area contributed by atoms with E-state index in [-0.39, 0.29) is 19.2 Å². The largest absolute Gasteiger partial charge is 0.454 e. The summed E-state index contributed by atoms with van der Waals surface area (Å²) in [6.07, 6.45) is -1.35. The molecule has 0 saturated heterocycles. The van der Waals surface area contributed by atoms with Crippen LogP contribution in [-0.4, -0.2) is 49.7 Å². The first-order valence-corrected chi connectivity index (χ1v) is 9.40. The summed E-state index contributed by atoms with van der Waals surface area (Å²) in [5.41, 5.74) is 0.462. The highest BCUT2D eigenvalue weighted by Gasteiger charge is 2.30. The second kappa shape index (κ2) is 9.21. The molecule has 1 amide bonds. The Morgan fingerprint density at radius 2 is 1.83 bits per heavy atom. The Morgan fingerprint density at radius 3 is 2.57 bits per heavy atom. The monoisotopic (exact) mass is 420 g/mol. The Labute approximate surface area is 173 Å². The topological polar surface area (TPSA) is 42.0 Å². The van der Waals surface area contributed by atoms with Crippen LogP contribution < -0.4 is 9.47 Å². The minimum atomic E-state index is -4.42. The number of nitrogens with zero attached hydrogens (tertiary/aromatic N) is 2. The van der Waals surface area contributed by atoms with Crippen molar-refractivity contribution in [2.45, 2.75) is 12.7 Å². The lowest BCUT2D eigenvalue weighted by Gasteiger charge is -2.24. The van der Waals surface area contributed by atoms with Gasteiger partial charge < -0.3 is 19.3 Å². The number of fused-ring (bicyclic) bond motifs is 1. The number of halogens is 3. The maximum atomic E-state index is 13.0. The number of likely N-dealkylation sites (N-methyl/N-ethyl adjacent to an activating group) is 1. The van der Waals surface area contributed by atoms with E-state index in [0.29, 0.717) is 30.2 Å². The quantitative estimate of drug-likeness (QED) is 0.634. The Balaban J connectivity index is 1.75. The predicted molar refractivity (Wildman–Crippen MR) is 107 cm³/mol. The zero-order chi connectivity index (χ0) is 21.7. The van der Waals surface area contributed by atoms with Crippen molar-refractivity contribution >= 4 is 12.0 Å². The molecule has 0 spiro atoms. The molecule has 1 heterocycles. The summed E-state index contributed by atoms with van der Waals surface area (Å²) in [4.78, 5) is 16.2. The molecule has 0 aliphatic carbocycles. The molecule has 0 saturated carbocycles. The van der Waals surface area contributed by atoms with Gasteiger partial charge in [0.15, 0.2) is 11.5 Å². The van der Waals surface area contributed by atoms with E-state index in [1.807, 2.05) is 19.0 Å². The van der Waals surface area contributed by atoms with Crippen LogP contribution in [0.3, 0.4) is 0 Å². The van der Waals surface area contributed by atoms with Gasteiger partial charge in [-0.15, -0.1) is 0 Å². The molecule has 8 heteroatoms. The van der Waals surface area contributed by atoms with Crippen LogP contribution in [0.1, 0.15) is 16.7 Å². The first-order valence-electron chi connectivity index (χ1n) is 9.40. The third-order valence-electron chi connectivity index (χ3n) is 4.57. The first-order chi connectivity index (χ1) is 14.2. The molecule has 0 unspecified atom stereocenters. The molecule has 0 fully saturated rings. The van der Waals surface area contributed by atoms with Crippen molar-refractivity contribution in [2.75, 3.05) is 34.0 Å². The van der Waals surface area contributed by atoms with Crippen LogP contribution in [0, 0.1) is 0 Å². The molecule has 0 aromatic heterocycles. The van der Waals surface area contributed by atoms with Crippen molar-refractivity contribution in [1.82, 2.24) is 9.80 Å². The van der Waals surface area contributed by atoms with Crippen molar-refractivity contribution in [3.05, 3.63) is 65.2 Å². The lowest BCUT2D eigenvalue weighted by molar-refractivity contribution is -0.137. The third-order valence-corrected chi connectivity index (χ3v) is 4.57. The van der Waals surface area contributed by atoms with Crippen molar-refractivity contribution < 1.29 is 27.4 Å². The van der Waals surface area contributed by atoms with Gasteiger partial charge in [0.2, 0.25) is 12.7 Å². The number of ether oxygens (including phenoxy) is 2. The zero-order valence-corrected chi connectivity index (χ0v) is 16.8. The molecule has 0 bridgehead atoms. The SMILES string of the molecule is CN(C)CCN(Cc1cccc(C(F)(F)F)c1)C(=O)/C=C/c1ccc2c(c1)OCO2. The minimum Gasteiger partial charge on any atom is -0.454 e. The van der Waals surface area contributed by atoms with Crippen LogP contribution >= 0.6 is 0 Å². The molecule has 30 heavy (non-hydrogen) atoms. The summed E-state index contributed by atoms with van der Waals surface area (Å²) in [5, 5.41) is 0. The molecular formula is C22H23F3N2O3. The summed E-state index contributed by atoms with van der Waals surface area (Å²) >= 11 is 0. The van der Waals surface area contributed by atoms with E-state index < -0.39 is 11.7 Å². The van der Waals surface area contributed by atoms with Crippen LogP contribution in [0.2, 0.25) is 0 Å². The van der Waals surface area contributed by atoms with Gasteiger partial charge in [-0.2, -0.15) is 13.2 Å². The lowest BCUT2D eigenvalue weighted by atomic mass is 10.1. The zero-order valence-electron chi connectivity index (χ0n) is 16.8. The Bertz CT molecular complexity index is 926. The van der Waals surface area contributed by atoms with Crippen LogP contribution in [-0.2, 0) is 17.5 Å². The Morgan fingerprint density at radius 1 is 1.07 bits per heavy atom. The van der Waals surface area contributed by atoms with E-state index in [9.17, 15) is 18.0 Å². The van der Waals surface area contributed by atoms with Crippen LogP contribution in [0.25, 0.3) is 6.08 Å². The fraction of sp³-hybridized carbons (Fsp3) is 0.318. The van der Waals surface area contributed by atoms with Gasteiger partial charge in [0, 0.05) is 25.7 Å². The van der Waals surface area contributed by atoms with E-state index in [1.54, 1.807) is 30.3 Å². The van der Waals surface area contributed by atoms with E-state index >= 15 is 0 Å². The smallest absolute Gasteiger partial charge is 0.416 e. The number of rotatable bonds is 7. The lowest BCUT2D eigenvalue weighted by Crippen LogP contribution is -2.35. The highest BCUT2D eigenvalue weighted by Crippen LogP contribution is 2.33. The molecule has 1 aliphatic heterocycles. The number of alkyl halides is 3. The van der Waals surface area contributed by atoms with Gasteiger partial charge in [-0.3, -0.25) is 4.79 Å². The second-order valence-electron chi connectivity index (χ2n) is 7.21. The number of carbonyl (C=O) groups excluding carboxylic acids is 1. The van der Waals surface area contributed by atoms with E-state index in [2.05, 4.69) is 0 Å². The minimum absolute atomic E-state index is 0.0854. The average Bonchev–Trinajstić information content (AvgIpc) is 3.16. The molecule has 0 atom stereocenters. The number of hydrogen-bond acceptors (Lipinski definition) is 4. The number of hydrogen-bond donors (Lipinski definition) is 0. The Hall–Kier alpha value is -3.00. The molecular weight excluding hydrogens is 397 g/mol. The summed E-state index contributed by atoms with van der Waals surface area (Å²) in [5.74, 6) is 0.973. The second-order valence-corrected chi connectivity index (χ2v) is 7.21. The maximum Gasteiger partial charge on any atom is 0.416 e. The van der Waals surface area contributed by atoms with Crippen molar-refractivity contribution in [3.8, 4) is 11.5 Å². The average molecular weight is 420 g/mol. The normalized spacial score (nSPS) is 13.3. The predicted octanol–water partition coefficient (Wildman–Crippen LogP) is 4.04. The van der Waals surface area contributed by atoms with Gasteiger partial charge >= 0.3 is 6.18 Å². The summed E-state index contributed by atoms with van der Waals surface area (Å²) in [6, 6.07) is 10.4. The Kier molecular flexibility index (Phi) is 6.66. The first kappa shape index (κ1) is 21.7. The summed E-state index contributed by atoms with van der Waals surface area (Å²) < 4.78 is 49.6. The van der Waals surface area contributed by atoms with Gasteiger partial charge in [0.25, 0.3) is 0 Å². The molecule has 2 aromatic carbocycles. The standard InChI is InChI=1S/C22H23F3N2O3/c1-26(2)10-11-27(14-17-4-3-5-18(12-17)22(23,24)25)21(28)9-7-16-6-8-19-20(13-16)30-15-29-19/h3-9,12-13H,10-11,14-15H2,1-2H3/b9-7+. The van der Waals surface area contributed by atoms with E-state index in [0.717, 1.165) is 17.7 Å². The number of benzene rings is 2. The molecule has 3 rings (SSSR count). The molecule has 160 valence electrons. The van der Waals surface area contributed by atoms with Crippen molar-refractivity contribution in [2.24, 2.45) is 0 Å².